The summed E-state index contributed by atoms with van der Waals surface area (Å²) < 4.78 is 14.2. The summed E-state index contributed by atoms with van der Waals surface area (Å²) in [7, 11) is 2.38. The minimum Gasteiger partial charge on any atom is -0.465 e. The Kier molecular flexibility index (Phi) is 6.86. The normalized spacial score (nSPS) is 9.96. The first kappa shape index (κ1) is 20.6. The number of carbonyl (C=O) groups excluding carboxylic acids is 4. The molecule has 0 radical (unpaired) electrons. The number of esters is 3. The highest BCUT2D eigenvalue weighted by Crippen LogP contribution is 2.17. The number of hydrogen-bond donors (Lipinski definition) is 1. The Bertz CT molecular complexity index is 886. The molecule has 28 heavy (non-hydrogen) atoms. The lowest BCUT2D eigenvalue weighted by molar-refractivity contribution is -0.119. The molecular formula is C20H19NO7. The van der Waals surface area contributed by atoms with Crippen LogP contribution < -0.4 is 5.32 Å². The van der Waals surface area contributed by atoms with Gasteiger partial charge in [0, 0.05) is 5.69 Å². The zero-order chi connectivity index (χ0) is 20.7. The van der Waals surface area contributed by atoms with E-state index in [0.29, 0.717) is 5.56 Å². The molecule has 0 saturated heterocycles. The molecule has 2 rings (SSSR count). The summed E-state index contributed by atoms with van der Waals surface area (Å²) in [6.07, 6.45) is 0. The van der Waals surface area contributed by atoms with Crippen LogP contribution in [-0.4, -0.2) is 44.6 Å². The van der Waals surface area contributed by atoms with Crippen LogP contribution in [0.1, 0.15) is 36.6 Å². The van der Waals surface area contributed by atoms with Crippen molar-refractivity contribution in [2.45, 2.75) is 6.92 Å². The largest absolute Gasteiger partial charge is 0.465 e. The molecular weight excluding hydrogens is 366 g/mol. The molecule has 0 aromatic heterocycles. The van der Waals surface area contributed by atoms with Gasteiger partial charge in [0.15, 0.2) is 6.61 Å². The summed E-state index contributed by atoms with van der Waals surface area (Å²) in [4.78, 5) is 47.6. The van der Waals surface area contributed by atoms with Crippen molar-refractivity contribution in [2.75, 3.05) is 26.1 Å². The molecule has 2 aromatic rings. The molecule has 0 aliphatic heterocycles. The van der Waals surface area contributed by atoms with Gasteiger partial charge in [-0.2, -0.15) is 0 Å². The first-order valence-corrected chi connectivity index (χ1v) is 8.19. The van der Waals surface area contributed by atoms with Gasteiger partial charge >= 0.3 is 17.9 Å². The highest BCUT2D eigenvalue weighted by molar-refractivity contribution is 6.00. The summed E-state index contributed by atoms with van der Waals surface area (Å²) >= 11 is 0. The molecule has 0 saturated carbocycles. The molecule has 0 spiro atoms. The highest BCUT2D eigenvalue weighted by Gasteiger charge is 2.16. The van der Waals surface area contributed by atoms with Gasteiger partial charge in [0.1, 0.15) is 0 Å². The lowest BCUT2D eigenvalue weighted by Gasteiger charge is -2.10. The average Bonchev–Trinajstić information content (AvgIpc) is 2.70. The monoisotopic (exact) mass is 385 g/mol. The van der Waals surface area contributed by atoms with E-state index in [9.17, 15) is 19.2 Å². The Morgan fingerprint density at radius 2 is 1.43 bits per heavy atom. The summed E-state index contributed by atoms with van der Waals surface area (Å²) in [6, 6.07) is 10.7. The molecule has 146 valence electrons. The molecule has 0 atom stereocenters. The predicted octanol–water partition coefficient (Wildman–Crippen LogP) is 2.36. The van der Waals surface area contributed by atoms with E-state index in [1.54, 1.807) is 18.2 Å². The second kappa shape index (κ2) is 9.31. The number of nitrogens with one attached hydrogen (secondary N) is 1. The Balaban J connectivity index is 2.09. The number of aryl methyl sites for hydroxylation is 1. The fourth-order valence-electron chi connectivity index (χ4n) is 2.35. The topological polar surface area (TPSA) is 108 Å². The summed E-state index contributed by atoms with van der Waals surface area (Å²) in [6.45, 7) is 1.29. The van der Waals surface area contributed by atoms with Gasteiger partial charge in [-0.05, 0) is 37.3 Å². The van der Waals surface area contributed by atoms with E-state index in [1.165, 1.54) is 32.4 Å². The fourth-order valence-corrected chi connectivity index (χ4v) is 2.35. The van der Waals surface area contributed by atoms with Crippen LogP contribution in [0.15, 0.2) is 42.5 Å². The Morgan fingerprint density at radius 3 is 1.96 bits per heavy atom. The van der Waals surface area contributed by atoms with E-state index in [4.69, 9.17) is 4.74 Å². The van der Waals surface area contributed by atoms with E-state index >= 15 is 0 Å². The van der Waals surface area contributed by atoms with Crippen molar-refractivity contribution in [2.24, 2.45) is 0 Å². The highest BCUT2D eigenvalue weighted by atomic mass is 16.5. The lowest BCUT2D eigenvalue weighted by Crippen LogP contribution is -2.21. The standard InChI is InChI=1S/C20H19NO7/c1-12-5-4-6-13(7-12)20(25)28-11-17(22)21-16-9-14(18(23)26-2)8-15(10-16)19(24)27-3/h4-10H,11H2,1-3H3,(H,21,22). The number of methoxy groups -OCH3 is 2. The van der Waals surface area contributed by atoms with E-state index in [2.05, 4.69) is 14.8 Å². The van der Waals surface area contributed by atoms with Crippen molar-refractivity contribution >= 4 is 29.5 Å². The maximum atomic E-state index is 12.1. The van der Waals surface area contributed by atoms with Crippen LogP contribution in [0, 0.1) is 6.92 Å². The van der Waals surface area contributed by atoms with Crippen LogP contribution in [0.4, 0.5) is 5.69 Å². The molecule has 0 unspecified atom stereocenters. The predicted molar refractivity (Wildman–Crippen MR) is 99.2 cm³/mol. The Morgan fingerprint density at radius 1 is 0.821 bits per heavy atom. The molecule has 0 fully saturated rings. The van der Waals surface area contributed by atoms with Gasteiger partial charge in [0.2, 0.25) is 0 Å². The van der Waals surface area contributed by atoms with Crippen molar-refractivity contribution in [3.8, 4) is 0 Å². The van der Waals surface area contributed by atoms with Crippen LogP contribution >= 0.6 is 0 Å². The average molecular weight is 385 g/mol. The van der Waals surface area contributed by atoms with Gasteiger partial charge in [-0.1, -0.05) is 17.7 Å². The smallest absolute Gasteiger partial charge is 0.338 e. The minimum absolute atomic E-state index is 0.0532. The molecule has 8 nitrogen and oxygen atoms in total. The van der Waals surface area contributed by atoms with E-state index in [-0.39, 0.29) is 16.8 Å². The van der Waals surface area contributed by atoms with E-state index in [1.807, 2.05) is 13.0 Å². The lowest BCUT2D eigenvalue weighted by atomic mass is 10.1. The van der Waals surface area contributed by atoms with Gasteiger partial charge in [-0.3, -0.25) is 4.79 Å². The molecule has 1 N–H and O–H groups in total. The number of benzene rings is 2. The van der Waals surface area contributed by atoms with Gasteiger partial charge in [0.05, 0.1) is 30.9 Å². The molecule has 0 aliphatic carbocycles. The number of amides is 1. The van der Waals surface area contributed by atoms with Crippen molar-refractivity contribution in [3.63, 3.8) is 0 Å². The Hall–Kier alpha value is -3.68. The van der Waals surface area contributed by atoms with Gasteiger partial charge < -0.3 is 19.5 Å². The molecule has 0 heterocycles. The van der Waals surface area contributed by atoms with Crippen molar-refractivity contribution in [1.29, 1.82) is 0 Å². The van der Waals surface area contributed by atoms with Crippen molar-refractivity contribution in [1.82, 2.24) is 0 Å². The third-order valence-electron chi connectivity index (χ3n) is 3.65. The van der Waals surface area contributed by atoms with Gasteiger partial charge in [-0.25, -0.2) is 14.4 Å². The quantitative estimate of drug-likeness (QED) is 0.601. The minimum atomic E-state index is -0.688. The summed E-state index contributed by atoms with van der Waals surface area (Å²) in [5, 5.41) is 2.47. The Labute approximate surface area is 161 Å². The molecule has 0 bridgehead atoms. The van der Waals surface area contributed by atoms with Crippen molar-refractivity contribution < 1.29 is 33.4 Å². The van der Waals surface area contributed by atoms with Crippen LogP contribution in [0.2, 0.25) is 0 Å². The third-order valence-corrected chi connectivity index (χ3v) is 3.65. The third kappa shape index (κ3) is 5.41. The molecule has 0 aliphatic rings. The van der Waals surface area contributed by atoms with E-state index < -0.39 is 30.4 Å². The van der Waals surface area contributed by atoms with Crippen LogP contribution in [-0.2, 0) is 19.0 Å². The maximum Gasteiger partial charge on any atom is 0.338 e. The molecule has 8 heteroatoms. The second-order valence-electron chi connectivity index (χ2n) is 5.78. The number of anilines is 1. The SMILES string of the molecule is COC(=O)c1cc(NC(=O)COC(=O)c2cccc(C)c2)cc(C(=O)OC)c1. The number of rotatable bonds is 6. The summed E-state index contributed by atoms with van der Waals surface area (Å²) in [5.41, 5.74) is 1.47. The van der Waals surface area contributed by atoms with Crippen LogP contribution in [0.25, 0.3) is 0 Å². The van der Waals surface area contributed by atoms with Crippen molar-refractivity contribution in [3.05, 3.63) is 64.7 Å². The maximum absolute atomic E-state index is 12.1. The van der Waals surface area contributed by atoms with Crippen LogP contribution in [0.5, 0.6) is 0 Å². The van der Waals surface area contributed by atoms with E-state index in [0.717, 1.165) is 5.56 Å². The zero-order valence-corrected chi connectivity index (χ0v) is 15.6. The van der Waals surface area contributed by atoms with Gasteiger partial charge in [-0.15, -0.1) is 0 Å². The first-order valence-electron chi connectivity index (χ1n) is 8.19. The first-order chi connectivity index (χ1) is 13.3. The molecule has 1 amide bonds. The number of ether oxygens (including phenoxy) is 3. The zero-order valence-electron chi connectivity index (χ0n) is 15.6. The summed E-state index contributed by atoms with van der Waals surface area (Å²) in [5.74, 6) is -2.66. The fraction of sp³-hybridized carbons (Fsp3) is 0.200. The molecule has 2 aromatic carbocycles. The number of carbonyl (C=O) groups is 4. The van der Waals surface area contributed by atoms with Crippen LogP contribution in [0.3, 0.4) is 0 Å². The van der Waals surface area contributed by atoms with Gasteiger partial charge in [0.25, 0.3) is 5.91 Å². The number of hydrogen-bond acceptors (Lipinski definition) is 7. The second-order valence-corrected chi connectivity index (χ2v) is 5.78.